The number of ether oxygens (including phenoxy) is 2. The summed E-state index contributed by atoms with van der Waals surface area (Å²) in [6.45, 7) is 0. The number of carbonyl (C=O) groups excluding carboxylic acids is 1. The number of benzene rings is 2. The summed E-state index contributed by atoms with van der Waals surface area (Å²) in [4.78, 5) is 17.4. The summed E-state index contributed by atoms with van der Waals surface area (Å²) in [5, 5.41) is 3.19. The molecular weight excluding hydrogens is 462 g/mol. The molecule has 1 N–H and O–H groups in total. The second-order valence-corrected chi connectivity index (χ2v) is 11.0. The van der Waals surface area contributed by atoms with Crippen LogP contribution in [-0.2, 0) is 10.0 Å². The second kappa shape index (κ2) is 9.66. The minimum Gasteiger partial charge on any atom is -0.497 e. The molecule has 0 aliphatic heterocycles. The van der Waals surface area contributed by atoms with Gasteiger partial charge < -0.3 is 9.47 Å². The molecule has 3 aromatic rings. The molecule has 4 rings (SSSR count). The van der Waals surface area contributed by atoms with Gasteiger partial charge in [-0.3, -0.25) is 10.1 Å². The lowest BCUT2D eigenvalue weighted by Gasteiger charge is -2.30. The van der Waals surface area contributed by atoms with E-state index in [0.717, 1.165) is 36.8 Å². The van der Waals surface area contributed by atoms with E-state index in [1.54, 1.807) is 27.3 Å². The van der Waals surface area contributed by atoms with Crippen molar-refractivity contribution in [2.45, 2.75) is 43.0 Å². The highest BCUT2D eigenvalue weighted by atomic mass is 32.2. The molecule has 1 amide bonds. The Labute approximate surface area is 197 Å². The first-order chi connectivity index (χ1) is 15.8. The maximum Gasteiger partial charge on any atom is 0.257 e. The maximum absolute atomic E-state index is 13.0. The van der Waals surface area contributed by atoms with E-state index in [2.05, 4.69) is 10.3 Å². The van der Waals surface area contributed by atoms with E-state index >= 15 is 0 Å². The number of amides is 1. The van der Waals surface area contributed by atoms with Crippen LogP contribution in [0.15, 0.2) is 41.3 Å². The lowest BCUT2D eigenvalue weighted by atomic mass is 9.96. The minimum atomic E-state index is -3.61. The Hall–Kier alpha value is -2.69. The standard InChI is InChI=1S/C23H27N3O5S2/c1-26(16-7-5-4-6-8-16)33(28,29)18-11-9-15(10-12-18)22(27)25-23-24-21-19(31-3)13-17(30-2)14-20(21)32-23/h9-14,16H,4-8H2,1-3H3,(H,24,25,27). The molecule has 0 bridgehead atoms. The summed E-state index contributed by atoms with van der Waals surface area (Å²) in [5.74, 6) is 0.818. The van der Waals surface area contributed by atoms with Crippen molar-refractivity contribution < 1.29 is 22.7 Å². The molecule has 1 aliphatic carbocycles. The SMILES string of the molecule is COc1cc(OC)c2nc(NC(=O)c3ccc(S(=O)(=O)N(C)C4CCCCC4)cc3)sc2c1. The van der Waals surface area contributed by atoms with Crippen LogP contribution in [0.5, 0.6) is 11.5 Å². The molecule has 2 aromatic carbocycles. The number of carbonyl (C=O) groups is 1. The molecule has 0 spiro atoms. The van der Waals surface area contributed by atoms with Gasteiger partial charge in [-0.1, -0.05) is 30.6 Å². The Kier molecular flexibility index (Phi) is 6.87. The highest BCUT2D eigenvalue weighted by Gasteiger charge is 2.29. The van der Waals surface area contributed by atoms with Crippen molar-refractivity contribution in [2.24, 2.45) is 0 Å². The van der Waals surface area contributed by atoms with Crippen molar-refractivity contribution in [1.29, 1.82) is 0 Å². The van der Waals surface area contributed by atoms with E-state index < -0.39 is 10.0 Å². The van der Waals surface area contributed by atoms with Gasteiger partial charge in [0, 0.05) is 24.7 Å². The van der Waals surface area contributed by atoms with Gasteiger partial charge in [0.05, 0.1) is 23.8 Å². The van der Waals surface area contributed by atoms with Crippen LogP contribution in [0, 0.1) is 0 Å². The van der Waals surface area contributed by atoms with Crippen molar-refractivity contribution in [2.75, 3.05) is 26.6 Å². The maximum atomic E-state index is 13.0. The third-order valence-electron chi connectivity index (χ3n) is 5.99. The van der Waals surface area contributed by atoms with Crippen LogP contribution in [0.3, 0.4) is 0 Å². The van der Waals surface area contributed by atoms with Gasteiger partial charge in [-0.25, -0.2) is 13.4 Å². The zero-order chi connectivity index (χ0) is 23.6. The van der Waals surface area contributed by atoms with Gasteiger partial charge in [0.25, 0.3) is 5.91 Å². The number of nitrogens with one attached hydrogen (secondary N) is 1. The van der Waals surface area contributed by atoms with E-state index in [9.17, 15) is 13.2 Å². The van der Waals surface area contributed by atoms with Gasteiger partial charge in [0.15, 0.2) is 5.13 Å². The summed E-state index contributed by atoms with van der Waals surface area (Å²) >= 11 is 1.30. The molecule has 10 heteroatoms. The Bertz CT molecular complexity index is 1250. The quantitative estimate of drug-likeness (QED) is 0.524. The van der Waals surface area contributed by atoms with Gasteiger partial charge in [0.1, 0.15) is 17.0 Å². The van der Waals surface area contributed by atoms with Gasteiger partial charge in [-0.05, 0) is 43.2 Å². The number of thiazole rings is 1. The van der Waals surface area contributed by atoms with Crippen molar-refractivity contribution in [3.8, 4) is 11.5 Å². The van der Waals surface area contributed by atoms with Crippen LogP contribution in [0.4, 0.5) is 5.13 Å². The molecule has 33 heavy (non-hydrogen) atoms. The van der Waals surface area contributed by atoms with E-state index in [1.165, 1.54) is 39.9 Å². The molecule has 8 nitrogen and oxygen atoms in total. The van der Waals surface area contributed by atoms with Crippen molar-refractivity contribution in [1.82, 2.24) is 9.29 Å². The fraction of sp³-hybridized carbons (Fsp3) is 0.391. The summed E-state index contributed by atoms with van der Waals surface area (Å²) < 4.78 is 39.0. The average Bonchev–Trinajstić information content (AvgIpc) is 3.25. The topological polar surface area (TPSA) is 97.8 Å². The zero-order valence-corrected chi connectivity index (χ0v) is 20.5. The second-order valence-electron chi connectivity index (χ2n) is 7.99. The summed E-state index contributed by atoms with van der Waals surface area (Å²) in [5.41, 5.74) is 0.976. The number of nitrogens with zero attached hydrogens (tertiary/aromatic N) is 2. The largest absolute Gasteiger partial charge is 0.497 e. The first-order valence-corrected chi connectivity index (χ1v) is 13.0. The fourth-order valence-electron chi connectivity index (χ4n) is 4.06. The van der Waals surface area contributed by atoms with E-state index in [4.69, 9.17) is 9.47 Å². The number of sulfonamides is 1. The number of rotatable bonds is 7. The first kappa shape index (κ1) is 23.5. The van der Waals surface area contributed by atoms with Crippen LogP contribution in [-0.4, -0.2) is 50.9 Å². The average molecular weight is 490 g/mol. The highest BCUT2D eigenvalue weighted by molar-refractivity contribution is 7.89. The van der Waals surface area contributed by atoms with Crippen molar-refractivity contribution in [3.63, 3.8) is 0 Å². The predicted molar refractivity (Wildman–Crippen MR) is 129 cm³/mol. The van der Waals surface area contributed by atoms with Gasteiger partial charge in [0.2, 0.25) is 10.0 Å². The Balaban J connectivity index is 1.50. The molecule has 1 fully saturated rings. The number of hydrogen-bond donors (Lipinski definition) is 1. The third kappa shape index (κ3) is 4.83. The Morgan fingerprint density at radius 2 is 1.79 bits per heavy atom. The van der Waals surface area contributed by atoms with E-state index in [0.29, 0.717) is 27.7 Å². The number of aromatic nitrogens is 1. The number of hydrogen-bond acceptors (Lipinski definition) is 7. The third-order valence-corrected chi connectivity index (χ3v) is 8.83. The zero-order valence-electron chi connectivity index (χ0n) is 18.8. The number of methoxy groups -OCH3 is 2. The smallest absolute Gasteiger partial charge is 0.257 e. The summed E-state index contributed by atoms with van der Waals surface area (Å²) in [6, 6.07) is 9.60. The monoisotopic (exact) mass is 489 g/mol. The molecule has 1 heterocycles. The molecule has 0 atom stereocenters. The molecule has 0 unspecified atom stereocenters. The van der Waals surface area contributed by atoms with Gasteiger partial charge in [-0.2, -0.15) is 4.31 Å². The summed E-state index contributed by atoms with van der Waals surface area (Å²) in [7, 11) is 1.15. The van der Waals surface area contributed by atoms with Crippen molar-refractivity contribution >= 4 is 42.6 Å². The lowest BCUT2D eigenvalue weighted by molar-refractivity contribution is 0.102. The van der Waals surface area contributed by atoms with Crippen LogP contribution in [0.25, 0.3) is 10.2 Å². The molecule has 1 aromatic heterocycles. The summed E-state index contributed by atoms with van der Waals surface area (Å²) in [6.07, 6.45) is 5.02. The molecule has 0 saturated heterocycles. The molecule has 1 aliphatic rings. The Morgan fingerprint density at radius 1 is 1.09 bits per heavy atom. The predicted octanol–water partition coefficient (Wildman–Crippen LogP) is 4.52. The number of anilines is 1. The number of fused-ring (bicyclic) bond motifs is 1. The first-order valence-electron chi connectivity index (χ1n) is 10.8. The van der Waals surface area contributed by atoms with Crippen molar-refractivity contribution in [3.05, 3.63) is 42.0 Å². The van der Waals surface area contributed by atoms with Crippen LogP contribution < -0.4 is 14.8 Å². The Morgan fingerprint density at radius 3 is 2.42 bits per heavy atom. The van der Waals surface area contributed by atoms with Gasteiger partial charge in [-0.15, -0.1) is 0 Å². The van der Waals surface area contributed by atoms with Crippen LogP contribution >= 0.6 is 11.3 Å². The normalized spacial score (nSPS) is 15.0. The molecule has 1 saturated carbocycles. The fourth-order valence-corrected chi connectivity index (χ4v) is 6.38. The minimum absolute atomic E-state index is 0.0291. The van der Waals surface area contributed by atoms with Gasteiger partial charge >= 0.3 is 0 Å². The molecule has 0 radical (unpaired) electrons. The van der Waals surface area contributed by atoms with E-state index in [-0.39, 0.29) is 16.8 Å². The molecule has 176 valence electrons. The lowest BCUT2D eigenvalue weighted by Crippen LogP contribution is -2.38. The highest BCUT2D eigenvalue weighted by Crippen LogP contribution is 2.36. The van der Waals surface area contributed by atoms with E-state index in [1.807, 2.05) is 6.07 Å². The van der Waals surface area contributed by atoms with Crippen LogP contribution in [0.2, 0.25) is 0 Å². The van der Waals surface area contributed by atoms with Crippen LogP contribution in [0.1, 0.15) is 42.5 Å². The molecular formula is C23H27N3O5S2.